The first-order chi connectivity index (χ1) is 9.62. The molecule has 2 N–H and O–H groups in total. The van der Waals surface area contributed by atoms with Crippen LogP contribution in [-0.2, 0) is 10.0 Å². The van der Waals surface area contributed by atoms with Gasteiger partial charge in [-0.25, -0.2) is 13.1 Å². The number of hydrogen-bond acceptors (Lipinski definition) is 4. The van der Waals surface area contributed by atoms with E-state index < -0.39 is 10.0 Å². The highest BCUT2D eigenvalue weighted by Crippen LogP contribution is 2.27. The molecule has 0 aromatic rings. The molecule has 2 bridgehead atoms. The van der Waals surface area contributed by atoms with E-state index in [0.29, 0.717) is 5.92 Å². The minimum atomic E-state index is -3.09. The Labute approximate surface area is 122 Å². The van der Waals surface area contributed by atoms with E-state index in [4.69, 9.17) is 0 Å². The zero-order chi connectivity index (χ0) is 14.0. The van der Waals surface area contributed by atoms with Gasteiger partial charge in [0.05, 0.1) is 5.75 Å². The van der Waals surface area contributed by atoms with Gasteiger partial charge in [0.2, 0.25) is 10.0 Å². The molecule has 3 saturated heterocycles. The van der Waals surface area contributed by atoms with Gasteiger partial charge in [-0.1, -0.05) is 0 Å². The Kier molecular flexibility index (Phi) is 4.65. The lowest BCUT2D eigenvalue weighted by molar-refractivity contribution is 0.0827. The van der Waals surface area contributed by atoms with E-state index in [1.54, 1.807) is 0 Å². The topological polar surface area (TPSA) is 61.4 Å². The largest absolute Gasteiger partial charge is 0.314 e. The first kappa shape index (κ1) is 14.8. The maximum atomic E-state index is 12.1. The van der Waals surface area contributed by atoms with Crippen LogP contribution in [0.1, 0.15) is 38.5 Å². The van der Waals surface area contributed by atoms with Crippen molar-refractivity contribution in [2.45, 2.75) is 50.6 Å². The first-order valence-electron chi connectivity index (χ1n) is 8.08. The van der Waals surface area contributed by atoms with E-state index in [1.165, 1.54) is 12.8 Å². The fourth-order valence-corrected chi connectivity index (χ4v) is 4.83. The fourth-order valence-electron chi connectivity index (χ4n) is 3.40. The molecular weight excluding hydrogens is 274 g/mol. The smallest absolute Gasteiger partial charge is 0.211 e. The number of piperidine rings is 3. The lowest BCUT2D eigenvalue weighted by Crippen LogP contribution is -2.57. The number of sulfonamides is 1. The highest BCUT2D eigenvalue weighted by atomic mass is 32.2. The van der Waals surface area contributed by atoms with Crippen LogP contribution >= 0.6 is 0 Å². The highest BCUT2D eigenvalue weighted by molar-refractivity contribution is 7.89. The van der Waals surface area contributed by atoms with Gasteiger partial charge in [-0.05, 0) is 64.1 Å². The van der Waals surface area contributed by atoms with Gasteiger partial charge in [0.15, 0.2) is 0 Å². The minimum absolute atomic E-state index is 0.159. The van der Waals surface area contributed by atoms with Crippen LogP contribution in [-0.4, -0.2) is 57.3 Å². The molecule has 1 aliphatic carbocycles. The molecule has 3 aliphatic heterocycles. The summed E-state index contributed by atoms with van der Waals surface area (Å²) in [7, 11) is -3.09. The summed E-state index contributed by atoms with van der Waals surface area (Å²) in [5.74, 6) is 0.842. The van der Waals surface area contributed by atoms with Crippen molar-refractivity contribution in [1.82, 2.24) is 14.9 Å². The Hall–Kier alpha value is -0.170. The Bertz CT molecular complexity index is 414. The molecule has 0 spiro atoms. The van der Waals surface area contributed by atoms with Crippen molar-refractivity contribution in [1.29, 1.82) is 0 Å². The van der Waals surface area contributed by atoms with Crippen molar-refractivity contribution < 1.29 is 8.42 Å². The predicted octanol–water partition coefficient (Wildman–Crippen LogP) is 0.532. The summed E-state index contributed by atoms with van der Waals surface area (Å²) < 4.78 is 27.2. The standard InChI is InChI=1S/C14H27N3O2S/c18-20(19,10-2-1-7-15-13-3-4-13)16-14-11-17-8-5-12(14)6-9-17/h12-16H,1-11H2. The second kappa shape index (κ2) is 6.30. The number of fused-ring (bicyclic) bond motifs is 3. The third-order valence-corrected chi connectivity index (χ3v) is 6.33. The van der Waals surface area contributed by atoms with Crippen LogP contribution in [0.15, 0.2) is 0 Å². The molecule has 5 nitrogen and oxygen atoms in total. The summed E-state index contributed by atoms with van der Waals surface area (Å²) >= 11 is 0. The first-order valence-corrected chi connectivity index (χ1v) is 9.73. The third kappa shape index (κ3) is 4.16. The fraction of sp³-hybridized carbons (Fsp3) is 1.00. The molecular formula is C14H27N3O2S. The lowest BCUT2D eigenvalue weighted by atomic mass is 9.85. The van der Waals surface area contributed by atoms with Crippen LogP contribution in [0.2, 0.25) is 0 Å². The Morgan fingerprint density at radius 3 is 2.40 bits per heavy atom. The zero-order valence-electron chi connectivity index (χ0n) is 12.2. The van der Waals surface area contributed by atoms with Gasteiger partial charge in [-0.15, -0.1) is 0 Å². The van der Waals surface area contributed by atoms with E-state index >= 15 is 0 Å². The third-order valence-electron chi connectivity index (χ3n) is 4.84. The van der Waals surface area contributed by atoms with Crippen LogP contribution in [0.25, 0.3) is 0 Å². The van der Waals surface area contributed by atoms with Crippen LogP contribution in [0.3, 0.4) is 0 Å². The maximum Gasteiger partial charge on any atom is 0.211 e. The van der Waals surface area contributed by atoms with E-state index in [0.717, 1.165) is 57.9 Å². The molecule has 0 radical (unpaired) electrons. The van der Waals surface area contributed by atoms with Crippen molar-refractivity contribution in [2.75, 3.05) is 31.9 Å². The molecule has 1 atom stereocenters. The molecule has 1 unspecified atom stereocenters. The van der Waals surface area contributed by atoms with Gasteiger partial charge in [-0.2, -0.15) is 0 Å². The summed E-state index contributed by atoms with van der Waals surface area (Å²) in [6, 6.07) is 0.878. The summed E-state index contributed by atoms with van der Waals surface area (Å²) in [5, 5.41) is 3.42. The molecule has 0 aromatic heterocycles. The molecule has 3 heterocycles. The van der Waals surface area contributed by atoms with Crippen molar-refractivity contribution in [3.63, 3.8) is 0 Å². The normalized spacial score (nSPS) is 33.5. The van der Waals surface area contributed by atoms with E-state index in [9.17, 15) is 8.42 Å². The molecule has 4 fully saturated rings. The minimum Gasteiger partial charge on any atom is -0.314 e. The molecule has 1 saturated carbocycles. The molecule has 6 heteroatoms. The second-order valence-electron chi connectivity index (χ2n) is 6.62. The summed E-state index contributed by atoms with van der Waals surface area (Å²) in [5.41, 5.74) is 0. The van der Waals surface area contributed by atoms with E-state index in [-0.39, 0.29) is 11.8 Å². The van der Waals surface area contributed by atoms with Crippen molar-refractivity contribution in [2.24, 2.45) is 5.92 Å². The van der Waals surface area contributed by atoms with Crippen molar-refractivity contribution >= 4 is 10.0 Å². The van der Waals surface area contributed by atoms with Gasteiger partial charge in [0.25, 0.3) is 0 Å². The van der Waals surface area contributed by atoms with Crippen molar-refractivity contribution in [3.8, 4) is 0 Å². The maximum absolute atomic E-state index is 12.1. The summed E-state index contributed by atoms with van der Waals surface area (Å²) in [6.45, 7) is 4.17. The van der Waals surface area contributed by atoms with Gasteiger partial charge in [0.1, 0.15) is 0 Å². The average Bonchev–Trinajstić information content (AvgIpc) is 3.23. The Morgan fingerprint density at radius 2 is 1.80 bits per heavy atom. The molecule has 0 aromatic carbocycles. The Balaban J connectivity index is 1.36. The SMILES string of the molecule is O=S(=O)(CCCCNC1CC1)NC1CN2CCC1CC2. The summed E-state index contributed by atoms with van der Waals surface area (Å²) in [6.07, 6.45) is 6.60. The van der Waals surface area contributed by atoms with Gasteiger partial charge >= 0.3 is 0 Å². The molecule has 20 heavy (non-hydrogen) atoms. The number of nitrogens with zero attached hydrogens (tertiary/aromatic N) is 1. The van der Waals surface area contributed by atoms with Crippen molar-refractivity contribution in [3.05, 3.63) is 0 Å². The predicted molar refractivity (Wildman–Crippen MR) is 80.1 cm³/mol. The van der Waals surface area contributed by atoms with Crippen LogP contribution < -0.4 is 10.0 Å². The van der Waals surface area contributed by atoms with Gasteiger partial charge < -0.3 is 10.2 Å². The van der Waals surface area contributed by atoms with Crippen LogP contribution in [0.5, 0.6) is 0 Å². The zero-order valence-corrected chi connectivity index (χ0v) is 13.0. The Morgan fingerprint density at radius 1 is 1.05 bits per heavy atom. The lowest BCUT2D eigenvalue weighted by Gasteiger charge is -2.44. The van der Waals surface area contributed by atoms with E-state index in [2.05, 4.69) is 14.9 Å². The average molecular weight is 301 g/mol. The van der Waals surface area contributed by atoms with Gasteiger partial charge in [-0.3, -0.25) is 0 Å². The van der Waals surface area contributed by atoms with Crippen LogP contribution in [0, 0.1) is 5.92 Å². The molecule has 4 rings (SSSR count). The van der Waals surface area contributed by atoms with E-state index in [1.807, 2.05) is 0 Å². The van der Waals surface area contributed by atoms with Gasteiger partial charge in [0, 0.05) is 18.6 Å². The highest BCUT2D eigenvalue weighted by Gasteiger charge is 2.35. The summed E-state index contributed by atoms with van der Waals surface area (Å²) in [4.78, 5) is 2.38. The molecule has 116 valence electrons. The van der Waals surface area contributed by atoms with Crippen LogP contribution in [0.4, 0.5) is 0 Å². The number of rotatable bonds is 8. The number of unbranched alkanes of at least 4 members (excludes halogenated alkanes) is 1. The number of nitrogens with one attached hydrogen (secondary N) is 2. The molecule has 4 aliphatic rings. The molecule has 0 amide bonds. The quantitative estimate of drug-likeness (QED) is 0.642. The monoisotopic (exact) mass is 301 g/mol. The second-order valence-corrected chi connectivity index (χ2v) is 8.49. The number of hydrogen-bond donors (Lipinski definition) is 2.